The Kier molecular flexibility index (Phi) is 2.70. The minimum Gasteiger partial charge on any atom is -0.320 e. The molecule has 0 saturated heterocycles. The van der Waals surface area contributed by atoms with Gasteiger partial charge in [-0.15, -0.1) is 0 Å². The van der Waals surface area contributed by atoms with Crippen molar-refractivity contribution in [3.63, 3.8) is 0 Å². The molecule has 76 valence electrons. The lowest BCUT2D eigenvalue weighted by Gasteiger charge is -2.32. The van der Waals surface area contributed by atoms with E-state index in [9.17, 15) is 0 Å². The summed E-state index contributed by atoms with van der Waals surface area (Å²) < 4.78 is 0. The average molecular weight is 212 g/mol. The molecule has 1 aromatic heterocycles. The first-order chi connectivity index (χ1) is 6.71. The molecule has 2 rings (SSSR count). The third-order valence-electron chi connectivity index (χ3n) is 2.86. The molecule has 0 bridgehead atoms. The Bertz CT molecular complexity index is 321. The zero-order chi connectivity index (χ0) is 10.0. The molecule has 1 aliphatic carbocycles. The third-order valence-corrected chi connectivity index (χ3v) is 3.04. The SMILES string of the molecule is NC1(c2cncc(Cl)n2)CCCCC1. The van der Waals surface area contributed by atoms with Crippen LogP contribution in [0.3, 0.4) is 0 Å². The smallest absolute Gasteiger partial charge is 0.147 e. The molecule has 0 amide bonds. The van der Waals surface area contributed by atoms with Crippen molar-refractivity contribution in [1.82, 2.24) is 9.97 Å². The van der Waals surface area contributed by atoms with Gasteiger partial charge in [-0.05, 0) is 12.8 Å². The van der Waals surface area contributed by atoms with Crippen LogP contribution in [0.4, 0.5) is 0 Å². The number of nitrogens with two attached hydrogens (primary N) is 1. The number of aromatic nitrogens is 2. The van der Waals surface area contributed by atoms with Crippen LogP contribution in [0.15, 0.2) is 12.4 Å². The summed E-state index contributed by atoms with van der Waals surface area (Å²) in [6.07, 6.45) is 8.86. The van der Waals surface area contributed by atoms with E-state index in [1.165, 1.54) is 25.5 Å². The van der Waals surface area contributed by atoms with E-state index in [1.54, 1.807) is 6.20 Å². The summed E-state index contributed by atoms with van der Waals surface area (Å²) in [6, 6.07) is 0. The van der Waals surface area contributed by atoms with Crippen molar-refractivity contribution in [1.29, 1.82) is 0 Å². The van der Waals surface area contributed by atoms with E-state index in [-0.39, 0.29) is 5.54 Å². The highest BCUT2D eigenvalue weighted by molar-refractivity contribution is 6.29. The van der Waals surface area contributed by atoms with Gasteiger partial charge in [-0.2, -0.15) is 0 Å². The van der Waals surface area contributed by atoms with E-state index < -0.39 is 0 Å². The van der Waals surface area contributed by atoms with Gasteiger partial charge in [0, 0.05) is 0 Å². The van der Waals surface area contributed by atoms with E-state index in [2.05, 4.69) is 9.97 Å². The normalized spacial score (nSPS) is 20.7. The van der Waals surface area contributed by atoms with Crippen molar-refractivity contribution in [3.8, 4) is 0 Å². The molecule has 0 aromatic carbocycles. The van der Waals surface area contributed by atoms with E-state index in [1.807, 2.05) is 0 Å². The molecule has 4 heteroatoms. The van der Waals surface area contributed by atoms with Gasteiger partial charge in [0.1, 0.15) is 5.15 Å². The number of halogens is 1. The number of hydrogen-bond donors (Lipinski definition) is 1. The van der Waals surface area contributed by atoms with Crippen LogP contribution >= 0.6 is 11.6 Å². The molecule has 0 unspecified atom stereocenters. The maximum absolute atomic E-state index is 6.29. The minimum atomic E-state index is -0.295. The van der Waals surface area contributed by atoms with Crippen LogP contribution < -0.4 is 5.73 Å². The monoisotopic (exact) mass is 211 g/mol. The Labute approximate surface area is 88.7 Å². The molecule has 1 fully saturated rings. The summed E-state index contributed by atoms with van der Waals surface area (Å²) >= 11 is 5.80. The third kappa shape index (κ3) is 1.88. The highest BCUT2D eigenvalue weighted by Crippen LogP contribution is 2.33. The second-order valence-corrected chi connectivity index (χ2v) is 4.33. The van der Waals surface area contributed by atoms with Crippen molar-refractivity contribution in [2.45, 2.75) is 37.6 Å². The average Bonchev–Trinajstić information content (AvgIpc) is 2.19. The molecule has 2 N–H and O–H groups in total. The van der Waals surface area contributed by atoms with Gasteiger partial charge in [0.2, 0.25) is 0 Å². The molecule has 0 spiro atoms. The molecular formula is C10H14ClN3. The standard InChI is InChI=1S/C10H14ClN3/c11-9-7-13-6-8(14-9)10(12)4-2-1-3-5-10/h6-7H,1-5,12H2. The molecule has 1 aromatic rings. The quantitative estimate of drug-likeness (QED) is 0.775. The topological polar surface area (TPSA) is 51.8 Å². The van der Waals surface area contributed by atoms with Crippen LogP contribution in [0.25, 0.3) is 0 Å². The van der Waals surface area contributed by atoms with Crippen LogP contribution in [0, 0.1) is 0 Å². The van der Waals surface area contributed by atoms with Crippen molar-refractivity contribution >= 4 is 11.6 Å². The Morgan fingerprint density at radius 2 is 1.93 bits per heavy atom. The molecule has 1 heterocycles. The Balaban J connectivity index is 2.28. The number of hydrogen-bond acceptors (Lipinski definition) is 3. The Morgan fingerprint density at radius 3 is 2.57 bits per heavy atom. The molecule has 3 nitrogen and oxygen atoms in total. The van der Waals surface area contributed by atoms with E-state index >= 15 is 0 Å². The highest BCUT2D eigenvalue weighted by atomic mass is 35.5. The minimum absolute atomic E-state index is 0.295. The van der Waals surface area contributed by atoms with Crippen molar-refractivity contribution in [2.75, 3.05) is 0 Å². The lowest BCUT2D eigenvalue weighted by Crippen LogP contribution is -2.39. The van der Waals surface area contributed by atoms with E-state index in [0.29, 0.717) is 5.15 Å². The second-order valence-electron chi connectivity index (χ2n) is 3.94. The largest absolute Gasteiger partial charge is 0.320 e. The first-order valence-electron chi connectivity index (χ1n) is 4.98. The van der Waals surface area contributed by atoms with Crippen molar-refractivity contribution < 1.29 is 0 Å². The lowest BCUT2D eigenvalue weighted by molar-refractivity contribution is 0.294. The van der Waals surface area contributed by atoms with Gasteiger partial charge in [0.05, 0.1) is 23.6 Å². The molecule has 1 aliphatic rings. The zero-order valence-electron chi connectivity index (χ0n) is 8.04. The first-order valence-corrected chi connectivity index (χ1v) is 5.35. The van der Waals surface area contributed by atoms with Crippen molar-refractivity contribution in [3.05, 3.63) is 23.2 Å². The molecule has 0 atom stereocenters. The molecule has 1 saturated carbocycles. The van der Waals surface area contributed by atoms with Crippen LogP contribution in [0.2, 0.25) is 5.15 Å². The summed E-state index contributed by atoms with van der Waals surface area (Å²) in [7, 11) is 0. The first kappa shape index (κ1) is 9.87. The maximum Gasteiger partial charge on any atom is 0.147 e. The van der Waals surface area contributed by atoms with Crippen LogP contribution in [-0.4, -0.2) is 9.97 Å². The van der Waals surface area contributed by atoms with Gasteiger partial charge in [0.25, 0.3) is 0 Å². The number of rotatable bonds is 1. The van der Waals surface area contributed by atoms with Crippen LogP contribution in [-0.2, 0) is 5.54 Å². The zero-order valence-corrected chi connectivity index (χ0v) is 8.80. The van der Waals surface area contributed by atoms with E-state index in [0.717, 1.165) is 18.5 Å². The fourth-order valence-corrected chi connectivity index (χ4v) is 2.17. The predicted octanol–water partition coefficient (Wildman–Crippen LogP) is 2.25. The van der Waals surface area contributed by atoms with Gasteiger partial charge >= 0.3 is 0 Å². The fraction of sp³-hybridized carbons (Fsp3) is 0.600. The highest BCUT2D eigenvalue weighted by Gasteiger charge is 2.31. The van der Waals surface area contributed by atoms with Gasteiger partial charge < -0.3 is 5.73 Å². The summed E-state index contributed by atoms with van der Waals surface area (Å²) in [5, 5.41) is 0.429. The molecular weight excluding hydrogens is 198 g/mol. The molecule has 14 heavy (non-hydrogen) atoms. The molecule has 0 aliphatic heterocycles. The fourth-order valence-electron chi connectivity index (χ4n) is 2.02. The number of nitrogens with zero attached hydrogens (tertiary/aromatic N) is 2. The van der Waals surface area contributed by atoms with Crippen LogP contribution in [0.1, 0.15) is 37.8 Å². The second kappa shape index (κ2) is 3.83. The van der Waals surface area contributed by atoms with Crippen LogP contribution in [0.5, 0.6) is 0 Å². The van der Waals surface area contributed by atoms with Gasteiger partial charge in [-0.3, -0.25) is 4.98 Å². The Hall–Kier alpha value is -0.670. The summed E-state index contributed by atoms with van der Waals surface area (Å²) in [6.45, 7) is 0. The predicted molar refractivity (Wildman–Crippen MR) is 56.0 cm³/mol. The van der Waals surface area contributed by atoms with Gasteiger partial charge in [0.15, 0.2) is 0 Å². The Morgan fingerprint density at radius 1 is 1.21 bits per heavy atom. The lowest BCUT2D eigenvalue weighted by atomic mass is 9.80. The van der Waals surface area contributed by atoms with Gasteiger partial charge in [-0.25, -0.2) is 4.98 Å². The van der Waals surface area contributed by atoms with Crippen molar-refractivity contribution in [2.24, 2.45) is 5.73 Å². The summed E-state index contributed by atoms with van der Waals surface area (Å²) in [5.41, 5.74) is 6.83. The molecule has 0 radical (unpaired) electrons. The summed E-state index contributed by atoms with van der Waals surface area (Å²) in [4.78, 5) is 8.28. The van der Waals surface area contributed by atoms with Gasteiger partial charge in [-0.1, -0.05) is 30.9 Å². The van der Waals surface area contributed by atoms with E-state index in [4.69, 9.17) is 17.3 Å². The summed E-state index contributed by atoms with van der Waals surface area (Å²) in [5.74, 6) is 0. The maximum atomic E-state index is 6.29.